The highest BCUT2D eigenvalue weighted by Gasteiger charge is 1.90. The molecule has 0 atom stereocenters. The first-order valence-electron chi connectivity index (χ1n) is 4.38. The summed E-state index contributed by atoms with van der Waals surface area (Å²) in [6.07, 6.45) is 11.5. The van der Waals surface area contributed by atoms with Crippen molar-refractivity contribution in [2.75, 3.05) is 0 Å². The minimum atomic E-state index is -1.22. The van der Waals surface area contributed by atoms with Crippen LogP contribution in [0.15, 0.2) is 12.4 Å². The largest absolute Gasteiger partial charge is 0.472 e. The fourth-order valence-electron chi connectivity index (χ4n) is 0.779. The summed E-state index contributed by atoms with van der Waals surface area (Å²) >= 11 is 0. The van der Waals surface area contributed by atoms with Crippen LogP contribution in [0.25, 0.3) is 0 Å². The average molecular weight is 194 g/mol. The lowest BCUT2D eigenvalue weighted by atomic mass is 10.2. The number of terminal acetylenes is 1. The Bertz CT molecular complexity index is 286. The number of aryl methyl sites for hydroxylation is 1. The van der Waals surface area contributed by atoms with E-state index in [1.54, 1.807) is 6.20 Å². The van der Waals surface area contributed by atoms with Crippen LogP contribution in [0, 0.1) is 12.3 Å². The van der Waals surface area contributed by atoms with Crippen LogP contribution in [0.2, 0.25) is 0 Å². The van der Waals surface area contributed by atoms with Gasteiger partial charge in [0, 0.05) is 24.7 Å². The van der Waals surface area contributed by atoms with Crippen molar-refractivity contribution in [3.63, 3.8) is 0 Å². The molecule has 1 heterocycles. The minimum Gasteiger partial charge on any atom is -0.472 e. The molecule has 0 amide bonds. The van der Waals surface area contributed by atoms with Crippen LogP contribution in [-0.2, 0) is 11.2 Å². The van der Waals surface area contributed by atoms with Crippen molar-refractivity contribution in [3.8, 4) is 12.3 Å². The third kappa shape index (κ3) is 6.92. The Morgan fingerprint density at radius 2 is 2.43 bits per heavy atom. The summed E-state index contributed by atoms with van der Waals surface area (Å²) in [5.74, 6) is 1.34. The van der Waals surface area contributed by atoms with E-state index in [0.717, 1.165) is 12.2 Å². The van der Waals surface area contributed by atoms with E-state index < -0.39 is 5.97 Å². The van der Waals surface area contributed by atoms with Crippen LogP contribution in [0.1, 0.15) is 25.6 Å². The zero-order chi connectivity index (χ0) is 10.8. The lowest BCUT2D eigenvalue weighted by Crippen LogP contribution is -1.85. The Balaban J connectivity index is 0.000000292. The molecule has 0 aromatic carbocycles. The van der Waals surface area contributed by atoms with Crippen LogP contribution < -0.4 is 0 Å². The second-order valence-corrected chi connectivity index (χ2v) is 2.59. The zero-order valence-electron chi connectivity index (χ0n) is 8.16. The van der Waals surface area contributed by atoms with E-state index >= 15 is 0 Å². The molecule has 0 spiro atoms. The van der Waals surface area contributed by atoms with Gasteiger partial charge in [0.1, 0.15) is 5.82 Å². The first-order chi connectivity index (χ1) is 6.70. The summed E-state index contributed by atoms with van der Waals surface area (Å²) < 4.78 is 0. The number of carboxylic acid groups (broad SMARTS) is 1. The molecule has 0 aliphatic carbocycles. The van der Waals surface area contributed by atoms with Crippen molar-refractivity contribution in [2.45, 2.75) is 26.2 Å². The predicted octanol–water partition coefficient (Wildman–Crippen LogP) is 1.46. The maximum Gasteiger partial charge on any atom is 0.381 e. The maximum absolute atomic E-state index is 9.13. The lowest BCUT2D eigenvalue weighted by molar-refractivity contribution is -0.130. The van der Waals surface area contributed by atoms with Crippen LogP contribution in [0.3, 0.4) is 0 Å². The molecular weight excluding hydrogens is 180 g/mol. The molecule has 4 nitrogen and oxygen atoms in total. The topological polar surface area (TPSA) is 66.0 Å². The second kappa shape index (κ2) is 7.87. The molecule has 1 aromatic rings. The van der Waals surface area contributed by atoms with Crippen molar-refractivity contribution in [1.82, 2.24) is 9.97 Å². The van der Waals surface area contributed by atoms with E-state index in [4.69, 9.17) is 9.90 Å². The molecule has 0 saturated heterocycles. The van der Waals surface area contributed by atoms with Crippen LogP contribution in [0.4, 0.5) is 0 Å². The first-order valence-corrected chi connectivity index (χ1v) is 4.38. The van der Waals surface area contributed by atoms with E-state index in [1.807, 2.05) is 6.20 Å². The van der Waals surface area contributed by atoms with Gasteiger partial charge in [-0.05, 0) is 6.42 Å². The Labute approximate surface area is 83.4 Å². The molecule has 0 bridgehead atoms. The number of carbonyl (C=O) groups is 1. The summed E-state index contributed by atoms with van der Waals surface area (Å²) in [5.41, 5.74) is 0. The van der Waals surface area contributed by atoms with Crippen LogP contribution in [0.5, 0.6) is 0 Å². The number of rotatable bonds is 3. The molecule has 0 aliphatic heterocycles. The highest BCUT2D eigenvalue weighted by atomic mass is 16.4. The zero-order valence-corrected chi connectivity index (χ0v) is 8.16. The Hall–Kier alpha value is -1.76. The van der Waals surface area contributed by atoms with Gasteiger partial charge in [0.05, 0.1) is 0 Å². The summed E-state index contributed by atoms with van der Waals surface area (Å²) in [7, 11) is 0. The SMILES string of the molecule is C#CC(=O)O.CCCCc1ncc[nH]1. The van der Waals surface area contributed by atoms with E-state index in [-0.39, 0.29) is 0 Å². The molecule has 0 aliphatic rings. The van der Waals surface area contributed by atoms with Gasteiger partial charge in [-0.2, -0.15) is 0 Å². The fourth-order valence-corrected chi connectivity index (χ4v) is 0.779. The number of aromatic nitrogens is 2. The van der Waals surface area contributed by atoms with Crippen molar-refractivity contribution >= 4 is 5.97 Å². The van der Waals surface area contributed by atoms with E-state index in [0.29, 0.717) is 0 Å². The molecule has 0 radical (unpaired) electrons. The number of carboxylic acids is 1. The van der Waals surface area contributed by atoms with Gasteiger partial charge in [-0.1, -0.05) is 13.3 Å². The molecule has 1 rings (SSSR count). The van der Waals surface area contributed by atoms with Gasteiger partial charge in [-0.25, -0.2) is 9.78 Å². The van der Waals surface area contributed by atoms with E-state index in [1.165, 1.54) is 18.8 Å². The quantitative estimate of drug-likeness (QED) is 0.716. The highest BCUT2D eigenvalue weighted by Crippen LogP contribution is 1.96. The van der Waals surface area contributed by atoms with E-state index in [9.17, 15) is 0 Å². The summed E-state index contributed by atoms with van der Waals surface area (Å²) in [6.45, 7) is 2.18. The maximum atomic E-state index is 9.13. The number of imidazole rings is 1. The monoisotopic (exact) mass is 194 g/mol. The number of aliphatic carboxylic acids is 1. The third-order valence-electron chi connectivity index (χ3n) is 1.45. The summed E-state index contributed by atoms with van der Waals surface area (Å²) in [5, 5.41) is 7.49. The standard InChI is InChI=1S/C7H12N2.C3H2O2/c1-2-3-4-7-8-5-6-9-7;1-2-3(4)5/h5-6H,2-4H2,1H3,(H,8,9);1H,(H,4,5). The number of hydrogen-bond donors (Lipinski definition) is 2. The van der Waals surface area contributed by atoms with Crippen molar-refractivity contribution < 1.29 is 9.90 Å². The Morgan fingerprint density at radius 1 is 1.79 bits per heavy atom. The molecule has 2 N–H and O–H groups in total. The Kier molecular flexibility index (Phi) is 6.88. The lowest BCUT2D eigenvalue weighted by Gasteiger charge is -1.90. The normalized spacial score (nSPS) is 8.29. The molecule has 0 fully saturated rings. The third-order valence-corrected chi connectivity index (χ3v) is 1.45. The van der Waals surface area contributed by atoms with Gasteiger partial charge in [-0.15, -0.1) is 6.42 Å². The number of aromatic amines is 1. The molecule has 14 heavy (non-hydrogen) atoms. The van der Waals surface area contributed by atoms with Gasteiger partial charge in [0.2, 0.25) is 0 Å². The summed E-state index contributed by atoms with van der Waals surface area (Å²) in [6, 6.07) is 0. The molecule has 76 valence electrons. The second-order valence-electron chi connectivity index (χ2n) is 2.59. The Morgan fingerprint density at radius 3 is 2.79 bits per heavy atom. The van der Waals surface area contributed by atoms with Crippen molar-refractivity contribution in [2.24, 2.45) is 0 Å². The molecule has 1 aromatic heterocycles. The fraction of sp³-hybridized carbons (Fsp3) is 0.400. The van der Waals surface area contributed by atoms with Gasteiger partial charge in [-0.3, -0.25) is 0 Å². The highest BCUT2D eigenvalue weighted by molar-refractivity contribution is 5.85. The summed E-state index contributed by atoms with van der Waals surface area (Å²) in [4.78, 5) is 16.3. The molecule has 0 unspecified atom stereocenters. The number of hydrogen-bond acceptors (Lipinski definition) is 2. The van der Waals surface area contributed by atoms with Crippen LogP contribution >= 0.6 is 0 Å². The van der Waals surface area contributed by atoms with Gasteiger partial charge >= 0.3 is 5.97 Å². The van der Waals surface area contributed by atoms with Gasteiger partial charge in [0.25, 0.3) is 0 Å². The number of unbranched alkanes of at least 4 members (excludes halogenated alkanes) is 1. The van der Waals surface area contributed by atoms with Gasteiger partial charge in [0.15, 0.2) is 0 Å². The molecule has 0 saturated carbocycles. The van der Waals surface area contributed by atoms with Crippen molar-refractivity contribution in [3.05, 3.63) is 18.2 Å². The predicted molar refractivity (Wildman–Crippen MR) is 53.7 cm³/mol. The van der Waals surface area contributed by atoms with Crippen LogP contribution in [-0.4, -0.2) is 21.0 Å². The van der Waals surface area contributed by atoms with Gasteiger partial charge < -0.3 is 10.1 Å². The number of nitrogens with one attached hydrogen (secondary N) is 1. The smallest absolute Gasteiger partial charge is 0.381 e. The minimum absolute atomic E-state index is 1.09. The average Bonchev–Trinajstić information content (AvgIpc) is 2.68. The first kappa shape index (κ1) is 12.2. The number of H-pyrrole nitrogens is 1. The van der Waals surface area contributed by atoms with Crippen molar-refractivity contribution in [1.29, 1.82) is 0 Å². The van der Waals surface area contributed by atoms with E-state index in [2.05, 4.69) is 23.3 Å². The molecule has 4 heteroatoms. The molecular formula is C10H14N2O2. The number of nitrogens with zero attached hydrogens (tertiary/aromatic N) is 1.